The lowest BCUT2D eigenvalue weighted by Crippen LogP contribution is -2.44. The van der Waals surface area contributed by atoms with Crippen LogP contribution in [0.3, 0.4) is 0 Å². The van der Waals surface area contributed by atoms with E-state index in [-0.39, 0.29) is 0 Å². The zero-order chi connectivity index (χ0) is 18.5. The second kappa shape index (κ2) is 8.05. The van der Waals surface area contributed by atoms with Gasteiger partial charge in [-0.2, -0.15) is 0 Å². The number of morpholine rings is 1. The third-order valence-corrected chi connectivity index (χ3v) is 4.03. The first-order valence-electron chi connectivity index (χ1n) is 8.14. The quantitative estimate of drug-likeness (QED) is 0.786. The largest absolute Gasteiger partial charge is 0.444 e. The van der Waals surface area contributed by atoms with Gasteiger partial charge in [0.05, 0.1) is 18.8 Å². The molecule has 1 heterocycles. The Hall–Kier alpha value is -2.80. The number of nitrogens with zero attached hydrogens (tertiary/aromatic N) is 1. The zero-order valence-corrected chi connectivity index (χ0v) is 13.9. The fourth-order valence-corrected chi connectivity index (χ4v) is 2.66. The minimum Gasteiger partial charge on any atom is -0.444 e. The summed E-state index contributed by atoms with van der Waals surface area (Å²) in [7, 11) is 0. The fraction of sp³-hybridized carbons (Fsp3) is 0.263. The monoisotopic (exact) mass is 361 g/mol. The van der Waals surface area contributed by atoms with Crippen LogP contribution in [0.15, 0.2) is 48.5 Å². The molecule has 2 aromatic rings. The van der Waals surface area contributed by atoms with Crippen molar-refractivity contribution in [3.63, 3.8) is 0 Å². The summed E-state index contributed by atoms with van der Waals surface area (Å²) in [5, 5.41) is 0. The molecule has 0 N–H and O–H groups in total. The summed E-state index contributed by atoms with van der Waals surface area (Å²) < 4.78 is 37.5. The molecule has 0 aliphatic carbocycles. The van der Waals surface area contributed by atoms with Gasteiger partial charge in [0.25, 0.3) is 5.91 Å². The number of rotatable bonds is 4. The molecule has 1 unspecified atom stereocenters. The van der Waals surface area contributed by atoms with E-state index in [1.54, 1.807) is 30.3 Å². The minimum absolute atomic E-state index is 0.380. The number of benzene rings is 2. The normalized spacial score (nSPS) is 15.4. The van der Waals surface area contributed by atoms with Crippen LogP contribution < -0.4 is 0 Å². The van der Waals surface area contributed by atoms with Crippen molar-refractivity contribution in [2.24, 2.45) is 0 Å². The van der Waals surface area contributed by atoms with Gasteiger partial charge < -0.3 is 14.4 Å². The van der Waals surface area contributed by atoms with E-state index < -0.39 is 35.2 Å². The summed E-state index contributed by atoms with van der Waals surface area (Å²) in [5.41, 5.74) is 0.0435. The number of carbonyl (C=O) groups is 2. The van der Waals surface area contributed by atoms with Crippen LogP contribution in [-0.4, -0.2) is 43.1 Å². The van der Waals surface area contributed by atoms with Crippen molar-refractivity contribution in [3.05, 3.63) is 71.3 Å². The van der Waals surface area contributed by atoms with Crippen molar-refractivity contribution < 1.29 is 27.8 Å². The van der Waals surface area contributed by atoms with Crippen LogP contribution in [0.5, 0.6) is 0 Å². The Morgan fingerprint density at radius 1 is 1.04 bits per heavy atom. The van der Waals surface area contributed by atoms with E-state index in [1.807, 2.05) is 0 Å². The molecule has 1 atom stereocenters. The summed E-state index contributed by atoms with van der Waals surface area (Å²) in [5.74, 6) is -3.28. The molecular formula is C19H17F2NO4. The van der Waals surface area contributed by atoms with Gasteiger partial charge in [-0.25, -0.2) is 13.6 Å². The lowest BCUT2D eigenvalue weighted by molar-refractivity contribution is -0.145. The zero-order valence-electron chi connectivity index (χ0n) is 13.9. The van der Waals surface area contributed by atoms with Gasteiger partial charge in [0.1, 0.15) is 11.6 Å². The Balaban J connectivity index is 1.85. The first-order chi connectivity index (χ1) is 12.6. The number of esters is 1. The van der Waals surface area contributed by atoms with Crippen LogP contribution in [0, 0.1) is 11.6 Å². The summed E-state index contributed by atoms with van der Waals surface area (Å²) in [6, 6.07) is 11.0. The van der Waals surface area contributed by atoms with Crippen LogP contribution in [0.25, 0.3) is 0 Å². The van der Waals surface area contributed by atoms with E-state index in [0.717, 1.165) is 12.1 Å². The summed E-state index contributed by atoms with van der Waals surface area (Å²) in [4.78, 5) is 26.7. The van der Waals surface area contributed by atoms with Gasteiger partial charge in [-0.3, -0.25) is 4.79 Å². The van der Waals surface area contributed by atoms with Crippen molar-refractivity contribution >= 4 is 11.9 Å². The number of halogens is 2. The van der Waals surface area contributed by atoms with Gasteiger partial charge in [-0.1, -0.05) is 30.3 Å². The minimum atomic E-state index is -1.22. The Morgan fingerprint density at radius 2 is 1.73 bits per heavy atom. The van der Waals surface area contributed by atoms with Crippen molar-refractivity contribution in [1.82, 2.24) is 4.90 Å². The average Bonchev–Trinajstić information content (AvgIpc) is 2.67. The average molecular weight is 361 g/mol. The Labute approximate surface area is 149 Å². The van der Waals surface area contributed by atoms with Crippen molar-refractivity contribution in [2.45, 2.75) is 6.10 Å². The smallest absolute Gasteiger partial charge is 0.342 e. The van der Waals surface area contributed by atoms with Crippen molar-refractivity contribution in [2.75, 3.05) is 26.3 Å². The molecule has 0 bridgehead atoms. The molecule has 0 spiro atoms. The van der Waals surface area contributed by atoms with E-state index in [0.29, 0.717) is 37.9 Å². The highest BCUT2D eigenvalue weighted by Gasteiger charge is 2.31. The molecule has 7 heteroatoms. The lowest BCUT2D eigenvalue weighted by Gasteiger charge is -2.30. The Kier molecular flexibility index (Phi) is 5.58. The van der Waals surface area contributed by atoms with Crippen LogP contribution in [0.2, 0.25) is 0 Å². The Morgan fingerprint density at radius 3 is 2.38 bits per heavy atom. The molecular weight excluding hydrogens is 344 g/mol. The Bertz CT molecular complexity index is 791. The molecule has 3 rings (SSSR count). The fourth-order valence-electron chi connectivity index (χ4n) is 2.66. The predicted molar refractivity (Wildman–Crippen MR) is 88.4 cm³/mol. The van der Waals surface area contributed by atoms with E-state index in [1.165, 1.54) is 4.90 Å². The maximum atomic E-state index is 13.9. The molecule has 2 aromatic carbocycles. The van der Waals surface area contributed by atoms with Crippen molar-refractivity contribution in [3.8, 4) is 0 Å². The number of ether oxygens (including phenoxy) is 2. The lowest BCUT2D eigenvalue weighted by atomic mass is 10.1. The molecule has 26 heavy (non-hydrogen) atoms. The van der Waals surface area contributed by atoms with E-state index in [4.69, 9.17) is 9.47 Å². The molecule has 5 nitrogen and oxygen atoms in total. The second-order valence-corrected chi connectivity index (χ2v) is 5.76. The maximum Gasteiger partial charge on any atom is 0.342 e. The van der Waals surface area contributed by atoms with Crippen LogP contribution in [0.4, 0.5) is 8.78 Å². The maximum absolute atomic E-state index is 13.9. The van der Waals surface area contributed by atoms with Gasteiger partial charge in [0, 0.05) is 24.7 Å². The van der Waals surface area contributed by atoms with E-state index in [9.17, 15) is 18.4 Å². The number of hydrogen-bond donors (Lipinski definition) is 0. The standard InChI is InChI=1S/C19H17F2NO4/c20-14-6-7-15(16(21)12-14)19(24)26-17(13-4-2-1-3-5-13)18(23)22-8-10-25-11-9-22/h1-7,12,17H,8-11H2. The van der Waals surface area contributed by atoms with E-state index >= 15 is 0 Å². The highest BCUT2D eigenvalue weighted by molar-refractivity contribution is 5.93. The molecule has 136 valence electrons. The summed E-state index contributed by atoms with van der Waals surface area (Å²) in [6.45, 7) is 1.55. The molecule has 0 radical (unpaired) electrons. The van der Waals surface area contributed by atoms with Gasteiger partial charge in [-0.15, -0.1) is 0 Å². The van der Waals surface area contributed by atoms with Gasteiger partial charge in [-0.05, 0) is 12.1 Å². The highest BCUT2D eigenvalue weighted by atomic mass is 19.1. The van der Waals surface area contributed by atoms with Gasteiger partial charge in [0.15, 0.2) is 0 Å². The third kappa shape index (κ3) is 4.05. The van der Waals surface area contributed by atoms with Crippen LogP contribution in [-0.2, 0) is 14.3 Å². The number of hydrogen-bond acceptors (Lipinski definition) is 4. The van der Waals surface area contributed by atoms with Crippen LogP contribution >= 0.6 is 0 Å². The second-order valence-electron chi connectivity index (χ2n) is 5.76. The van der Waals surface area contributed by atoms with Crippen LogP contribution in [0.1, 0.15) is 22.0 Å². The SMILES string of the molecule is O=C(OC(C(=O)N1CCOCC1)c1ccccc1)c1ccc(F)cc1F. The number of amides is 1. The molecule has 1 aliphatic rings. The van der Waals surface area contributed by atoms with E-state index in [2.05, 4.69) is 0 Å². The predicted octanol–water partition coefficient (Wildman–Crippen LogP) is 2.72. The molecule has 1 aliphatic heterocycles. The summed E-state index contributed by atoms with van der Waals surface area (Å²) in [6.07, 6.45) is -1.22. The molecule has 0 aromatic heterocycles. The topological polar surface area (TPSA) is 55.8 Å². The van der Waals surface area contributed by atoms with Gasteiger partial charge in [0.2, 0.25) is 6.10 Å². The molecule has 0 saturated carbocycles. The number of carbonyl (C=O) groups excluding carboxylic acids is 2. The molecule has 1 fully saturated rings. The molecule has 1 saturated heterocycles. The molecule has 1 amide bonds. The third-order valence-electron chi connectivity index (χ3n) is 4.03. The first kappa shape index (κ1) is 18.0. The highest BCUT2D eigenvalue weighted by Crippen LogP contribution is 2.23. The van der Waals surface area contributed by atoms with Gasteiger partial charge >= 0.3 is 5.97 Å². The summed E-state index contributed by atoms with van der Waals surface area (Å²) >= 11 is 0. The first-order valence-corrected chi connectivity index (χ1v) is 8.14. The van der Waals surface area contributed by atoms with Crippen molar-refractivity contribution in [1.29, 1.82) is 0 Å².